The molecule has 6 rings (SSSR count). The van der Waals surface area contributed by atoms with E-state index in [-0.39, 0.29) is 11.4 Å². The molecule has 0 bridgehead atoms. The highest BCUT2D eigenvalue weighted by Crippen LogP contribution is 2.31. The normalized spacial score (nSPS) is 16.5. The third kappa shape index (κ3) is 4.07. The van der Waals surface area contributed by atoms with Crippen molar-refractivity contribution in [3.63, 3.8) is 0 Å². The van der Waals surface area contributed by atoms with Gasteiger partial charge in [-0.1, -0.05) is 72.8 Å². The Kier molecular flexibility index (Phi) is 5.62. The van der Waals surface area contributed by atoms with Gasteiger partial charge in [0.1, 0.15) is 5.04 Å². The molecule has 1 aromatic heterocycles. The zero-order valence-electron chi connectivity index (χ0n) is 19.7. The molecule has 0 radical (unpaired) electrons. The minimum atomic E-state index is -0.411. The van der Waals surface area contributed by atoms with Crippen LogP contribution in [0.2, 0.25) is 0 Å². The highest BCUT2D eigenvalue weighted by atomic mass is 32.2. The highest BCUT2D eigenvalue weighted by Gasteiger charge is 2.35. The van der Waals surface area contributed by atoms with Crippen LogP contribution >= 0.6 is 11.8 Å². The summed E-state index contributed by atoms with van der Waals surface area (Å²) < 4.78 is 2.19. The van der Waals surface area contributed by atoms with Gasteiger partial charge >= 0.3 is 0 Å². The molecule has 2 aliphatic heterocycles. The smallest absolute Gasteiger partial charge is 0.283 e. The Balaban J connectivity index is 1.34. The number of fused-ring (bicyclic) bond motifs is 2. The number of carbonyl (C=O) groups is 1. The minimum Gasteiger partial charge on any atom is -0.342 e. The number of amides is 1. The molecule has 4 aromatic rings. The molecular formula is C29H23N5OS. The number of nitrogens with zero attached hydrogens (tertiary/aromatic N) is 4. The Bertz CT molecular complexity index is 1610. The third-order valence-corrected chi connectivity index (χ3v) is 7.32. The third-order valence-electron chi connectivity index (χ3n) is 6.42. The summed E-state index contributed by atoms with van der Waals surface area (Å²) in [5.74, 6) is -0.359. The van der Waals surface area contributed by atoms with Gasteiger partial charge in [-0.2, -0.15) is 15.1 Å². The van der Waals surface area contributed by atoms with E-state index < -0.39 is 5.91 Å². The maximum Gasteiger partial charge on any atom is 0.283 e. The lowest BCUT2D eigenvalue weighted by molar-refractivity contribution is -0.114. The molecule has 0 spiro atoms. The lowest BCUT2D eigenvalue weighted by Crippen LogP contribution is -2.35. The number of hydrogen-bond donors (Lipinski definition) is 1. The van der Waals surface area contributed by atoms with E-state index in [0.29, 0.717) is 11.6 Å². The number of thioether (sulfide) groups is 1. The summed E-state index contributed by atoms with van der Waals surface area (Å²) in [5.41, 5.74) is 5.79. The van der Waals surface area contributed by atoms with E-state index in [9.17, 15) is 4.79 Å². The molecule has 36 heavy (non-hydrogen) atoms. The van der Waals surface area contributed by atoms with Crippen molar-refractivity contribution in [2.75, 3.05) is 0 Å². The fourth-order valence-electron chi connectivity index (χ4n) is 4.52. The summed E-state index contributed by atoms with van der Waals surface area (Å²) in [6, 6.07) is 26.5. The average molecular weight is 490 g/mol. The number of aliphatic imine (C=N–C) groups is 1. The lowest BCUT2D eigenvalue weighted by atomic mass is 10.1. The molecule has 6 nitrogen and oxygen atoms in total. The predicted molar refractivity (Wildman–Crippen MR) is 147 cm³/mol. The zero-order chi connectivity index (χ0) is 24.6. The number of aromatic nitrogens is 1. The standard InChI is InChI=1S/C29H23N5OS/c1-19-9-5-6-12-21(19)17-33-18-22(23-13-7-8-14-25(23)33)16-24-27(30)34-29(31-28(24)35)36-26(32-34)15-20-10-3-2-4-11-20/h2-14,16,18,30H,15,17H2,1H3/b24-16-,30-27?. The number of benzene rings is 3. The Morgan fingerprint density at radius 3 is 2.56 bits per heavy atom. The molecule has 2 aliphatic rings. The molecule has 0 fully saturated rings. The lowest BCUT2D eigenvalue weighted by Gasteiger charge is -2.20. The van der Waals surface area contributed by atoms with Gasteiger partial charge in [0.15, 0.2) is 5.84 Å². The van der Waals surface area contributed by atoms with E-state index in [1.165, 1.54) is 27.9 Å². The van der Waals surface area contributed by atoms with Crippen molar-refractivity contribution in [1.82, 2.24) is 9.58 Å². The van der Waals surface area contributed by atoms with E-state index in [2.05, 4.69) is 45.9 Å². The zero-order valence-corrected chi connectivity index (χ0v) is 20.5. The Morgan fingerprint density at radius 2 is 1.72 bits per heavy atom. The number of hydrogen-bond acceptors (Lipinski definition) is 4. The molecule has 176 valence electrons. The van der Waals surface area contributed by atoms with Gasteiger partial charge in [0.2, 0.25) is 5.17 Å². The van der Waals surface area contributed by atoms with Crippen LogP contribution in [0.25, 0.3) is 17.0 Å². The molecule has 0 saturated heterocycles. The largest absolute Gasteiger partial charge is 0.342 e. The SMILES string of the molecule is Cc1ccccc1Cn1cc(/C=C2/C(=N)N3N=C(Cc4ccccc4)SC3=NC2=O)c2ccccc21. The van der Waals surface area contributed by atoms with Crippen molar-refractivity contribution >= 4 is 50.7 Å². The highest BCUT2D eigenvalue weighted by molar-refractivity contribution is 8.26. The number of nitrogens with one attached hydrogen (secondary N) is 1. The number of para-hydroxylation sites is 1. The first-order chi connectivity index (χ1) is 17.6. The fourth-order valence-corrected chi connectivity index (χ4v) is 5.44. The first-order valence-electron chi connectivity index (χ1n) is 11.7. The van der Waals surface area contributed by atoms with Crippen LogP contribution < -0.4 is 0 Å². The van der Waals surface area contributed by atoms with Crippen molar-refractivity contribution in [1.29, 1.82) is 5.41 Å². The topological polar surface area (TPSA) is 73.8 Å². The monoisotopic (exact) mass is 489 g/mol. The van der Waals surface area contributed by atoms with Crippen LogP contribution in [-0.4, -0.2) is 31.5 Å². The number of hydrazone groups is 1. The first-order valence-corrected chi connectivity index (χ1v) is 12.5. The molecule has 3 aromatic carbocycles. The van der Waals surface area contributed by atoms with Crippen molar-refractivity contribution in [3.8, 4) is 0 Å². The molecule has 7 heteroatoms. The molecule has 1 N–H and O–H groups in total. The van der Waals surface area contributed by atoms with Crippen molar-refractivity contribution in [2.24, 2.45) is 10.1 Å². The van der Waals surface area contributed by atoms with Gasteiger partial charge in [-0.05, 0) is 47.5 Å². The van der Waals surface area contributed by atoms with Crippen LogP contribution in [0.3, 0.4) is 0 Å². The van der Waals surface area contributed by atoms with E-state index in [4.69, 9.17) is 5.41 Å². The fraction of sp³-hybridized carbons (Fsp3) is 0.103. The van der Waals surface area contributed by atoms with Crippen molar-refractivity contribution in [3.05, 3.63) is 113 Å². The summed E-state index contributed by atoms with van der Waals surface area (Å²) in [6.45, 7) is 2.84. The van der Waals surface area contributed by atoms with Crippen LogP contribution in [0.5, 0.6) is 0 Å². The van der Waals surface area contributed by atoms with Gasteiger partial charge in [-0.3, -0.25) is 10.2 Å². The van der Waals surface area contributed by atoms with Gasteiger partial charge < -0.3 is 4.57 Å². The van der Waals surface area contributed by atoms with Crippen LogP contribution in [0.15, 0.2) is 101 Å². The number of amidine groups is 2. The molecule has 3 heterocycles. The van der Waals surface area contributed by atoms with Crippen LogP contribution in [-0.2, 0) is 17.8 Å². The Labute approximate surface area is 213 Å². The maximum absolute atomic E-state index is 13.0. The summed E-state index contributed by atoms with van der Waals surface area (Å²) >= 11 is 1.35. The number of aryl methyl sites for hydroxylation is 1. The summed E-state index contributed by atoms with van der Waals surface area (Å²) in [6.07, 6.45) is 4.46. The molecular weight excluding hydrogens is 466 g/mol. The second kappa shape index (κ2) is 9.09. The molecule has 0 atom stereocenters. The van der Waals surface area contributed by atoms with Gasteiger partial charge in [0.25, 0.3) is 5.91 Å². The number of rotatable bonds is 5. The van der Waals surface area contributed by atoms with Gasteiger partial charge in [0.05, 0.1) is 5.57 Å². The number of carbonyl (C=O) groups excluding carboxylic acids is 1. The van der Waals surface area contributed by atoms with Gasteiger partial charge in [-0.25, -0.2) is 0 Å². The van der Waals surface area contributed by atoms with Crippen LogP contribution in [0, 0.1) is 12.3 Å². The van der Waals surface area contributed by atoms with Crippen LogP contribution in [0.4, 0.5) is 0 Å². The summed E-state index contributed by atoms with van der Waals surface area (Å²) in [4.78, 5) is 17.3. The van der Waals surface area contributed by atoms with Crippen molar-refractivity contribution in [2.45, 2.75) is 19.9 Å². The first kappa shape index (κ1) is 22.2. The van der Waals surface area contributed by atoms with Gasteiger partial charge in [0, 0.05) is 35.6 Å². The maximum atomic E-state index is 13.0. The predicted octanol–water partition coefficient (Wildman–Crippen LogP) is 5.86. The van der Waals surface area contributed by atoms with E-state index in [0.717, 1.165) is 33.6 Å². The van der Waals surface area contributed by atoms with Crippen molar-refractivity contribution < 1.29 is 4.79 Å². The quantitative estimate of drug-likeness (QED) is 0.357. The molecule has 1 amide bonds. The Hall–Kier alpha value is -4.23. The Morgan fingerprint density at radius 1 is 0.972 bits per heavy atom. The van der Waals surface area contributed by atoms with Crippen LogP contribution in [0.1, 0.15) is 22.3 Å². The van der Waals surface area contributed by atoms with E-state index in [1.807, 2.05) is 60.8 Å². The van der Waals surface area contributed by atoms with Gasteiger partial charge in [-0.15, -0.1) is 0 Å². The molecule has 0 aliphatic carbocycles. The minimum absolute atomic E-state index is 0.0521. The molecule has 0 saturated carbocycles. The van der Waals surface area contributed by atoms with E-state index >= 15 is 0 Å². The summed E-state index contributed by atoms with van der Waals surface area (Å²) in [7, 11) is 0. The molecule has 0 unspecified atom stereocenters. The van der Waals surface area contributed by atoms with E-state index in [1.54, 1.807) is 6.08 Å². The average Bonchev–Trinajstić information content (AvgIpc) is 3.45. The second-order valence-corrected chi connectivity index (χ2v) is 9.87. The second-order valence-electron chi connectivity index (χ2n) is 8.83. The summed E-state index contributed by atoms with van der Waals surface area (Å²) in [5, 5.41) is 17.1.